The maximum absolute atomic E-state index is 8.88. The second kappa shape index (κ2) is 6.28. The largest absolute Gasteiger partial charge is 0.494 e. The molecule has 0 aliphatic carbocycles. The molecule has 0 saturated carbocycles. The molecule has 0 saturated heterocycles. The van der Waals surface area contributed by atoms with E-state index in [1.807, 2.05) is 32.0 Å². The van der Waals surface area contributed by atoms with Crippen LogP contribution in [0.4, 0.5) is 0 Å². The van der Waals surface area contributed by atoms with Crippen molar-refractivity contribution < 1.29 is 4.74 Å². The maximum Gasteiger partial charge on any atom is 0.119 e. The summed E-state index contributed by atoms with van der Waals surface area (Å²) in [6, 6.07) is 7.97. The fourth-order valence-electron chi connectivity index (χ4n) is 1.22. The van der Waals surface area contributed by atoms with Gasteiger partial charge in [-0.15, -0.1) is 11.6 Å². The third-order valence-electron chi connectivity index (χ3n) is 2.46. The summed E-state index contributed by atoms with van der Waals surface area (Å²) in [5.41, 5.74) is 0.661. The van der Waals surface area contributed by atoms with Gasteiger partial charge in [0.05, 0.1) is 18.1 Å². The lowest BCUT2D eigenvalue weighted by molar-refractivity contribution is 0.264. The van der Waals surface area contributed by atoms with Crippen LogP contribution in [0, 0.1) is 16.7 Å². The highest BCUT2D eigenvalue weighted by Gasteiger charge is 2.16. The van der Waals surface area contributed by atoms with Crippen LogP contribution in [0.5, 0.6) is 5.75 Å². The molecule has 0 atom stereocenters. The predicted molar refractivity (Wildman–Crippen MR) is 73.2 cm³/mol. The average molecular weight is 317 g/mol. The van der Waals surface area contributed by atoms with E-state index in [1.54, 1.807) is 0 Å². The van der Waals surface area contributed by atoms with Crippen LogP contribution in [0.25, 0.3) is 0 Å². The van der Waals surface area contributed by atoms with E-state index in [9.17, 15) is 0 Å². The Morgan fingerprint density at radius 3 is 2.76 bits per heavy atom. The molecule has 0 aliphatic rings. The molecule has 1 aromatic carbocycles. The smallest absolute Gasteiger partial charge is 0.119 e. The van der Waals surface area contributed by atoms with Gasteiger partial charge in [-0.2, -0.15) is 5.26 Å². The summed E-state index contributed by atoms with van der Waals surface area (Å²) in [4.78, 5) is 0. The van der Waals surface area contributed by atoms with Gasteiger partial charge in [-0.05, 0) is 44.0 Å². The van der Waals surface area contributed by atoms with Crippen molar-refractivity contribution in [3.05, 3.63) is 28.2 Å². The van der Waals surface area contributed by atoms with E-state index in [0.29, 0.717) is 18.9 Å². The van der Waals surface area contributed by atoms with Gasteiger partial charge in [-0.25, -0.2) is 0 Å². The lowest BCUT2D eigenvalue weighted by Gasteiger charge is -2.15. The number of hydrogen-bond acceptors (Lipinski definition) is 2. The number of hydrogen-bond donors (Lipinski definition) is 0. The van der Waals surface area contributed by atoms with Crippen molar-refractivity contribution in [3.63, 3.8) is 0 Å². The lowest BCUT2D eigenvalue weighted by Crippen LogP contribution is -2.13. The van der Waals surface area contributed by atoms with Gasteiger partial charge in [0.15, 0.2) is 0 Å². The van der Waals surface area contributed by atoms with E-state index in [4.69, 9.17) is 21.6 Å². The highest BCUT2D eigenvalue weighted by molar-refractivity contribution is 9.10. The van der Waals surface area contributed by atoms with Crippen LogP contribution in [0.3, 0.4) is 0 Å². The van der Waals surface area contributed by atoms with Crippen molar-refractivity contribution >= 4 is 27.5 Å². The first-order valence-corrected chi connectivity index (χ1v) is 6.70. The number of benzene rings is 1. The standard InChI is InChI=1S/C13H15BrClNO/c1-13(2,9-16)5-6-17-11-3-4-12(14)10(7-11)8-15/h3-4,7H,5-6,8H2,1-2H3. The molecule has 0 unspecified atom stereocenters. The number of nitrogens with zero attached hydrogens (tertiary/aromatic N) is 1. The maximum atomic E-state index is 8.88. The van der Waals surface area contributed by atoms with Crippen LogP contribution in [-0.2, 0) is 5.88 Å². The zero-order chi connectivity index (χ0) is 12.9. The average Bonchev–Trinajstić information content (AvgIpc) is 2.31. The molecule has 0 aromatic heterocycles. The number of halogens is 2. The lowest BCUT2D eigenvalue weighted by atomic mass is 9.92. The molecule has 0 heterocycles. The molecule has 0 radical (unpaired) electrons. The number of rotatable bonds is 5. The van der Waals surface area contributed by atoms with E-state index < -0.39 is 0 Å². The zero-order valence-electron chi connectivity index (χ0n) is 9.96. The van der Waals surface area contributed by atoms with Crippen molar-refractivity contribution in [3.8, 4) is 11.8 Å². The third kappa shape index (κ3) is 4.57. The van der Waals surface area contributed by atoms with Crippen molar-refractivity contribution in [1.29, 1.82) is 5.26 Å². The molecule has 0 N–H and O–H groups in total. The molecule has 4 heteroatoms. The number of nitriles is 1. The first-order valence-electron chi connectivity index (χ1n) is 5.37. The summed E-state index contributed by atoms with van der Waals surface area (Å²) < 4.78 is 6.59. The molecule has 0 aliphatic heterocycles. The fourth-order valence-corrected chi connectivity index (χ4v) is 1.99. The Hall–Kier alpha value is -0.720. The molecule has 2 nitrogen and oxygen atoms in total. The quantitative estimate of drug-likeness (QED) is 0.749. The molecular formula is C13H15BrClNO. The molecule has 1 aromatic rings. The van der Waals surface area contributed by atoms with Gasteiger partial charge in [0.1, 0.15) is 5.75 Å². The second-order valence-electron chi connectivity index (χ2n) is 4.48. The van der Waals surface area contributed by atoms with Crippen LogP contribution in [0.1, 0.15) is 25.8 Å². The first-order chi connectivity index (χ1) is 7.98. The highest BCUT2D eigenvalue weighted by Crippen LogP contribution is 2.25. The van der Waals surface area contributed by atoms with Crippen LogP contribution >= 0.6 is 27.5 Å². The minimum Gasteiger partial charge on any atom is -0.494 e. The molecule has 92 valence electrons. The normalized spacial score (nSPS) is 11.0. The summed E-state index contributed by atoms with van der Waals surface area (Å²) in [5.74, 6) is 1.24. The Bertz CT molecular complexity index is 426. The Morgan fingerprint density at radius 2 is 2.18 bits per heavy atom. The summed E-state index contributed by atoms with van der Waals surface area (Å²) in [5, 5.41) is 8.88. The van der Waals surface area contributed by atoms with Crippen LogP contribution in [-0.4, -0.2) is 6.61 Å². The summed E-state index contributed by atoms with van der Waals surface area (Å²) >= 11 is 9.22. The van der Waals surface area contributed by atoms with Crippen molar-refractivity contribution in [2.45, 2.75) is 26.1 Å². The minimum absolute atomic E-state index is 0.343. The molecule has 0 spiro atoms. The van der Waals surface area contributed by atoms with Gasteiger partial charge in [-0.1, -0.05) is 15.9 Å². The van der Waals surface area contributed by atoms with Gasteiger partial charge in [0, 0.05) is 10.4 Å². The van der Waals surface area contributed by atoms with Crippen LogP contribution < -0.4 is 4.74 Å². The molecule has 1 rings (SSSR count). The van der Waals surface area contributed by atoms with Gasteiger partial charge in [-0.3, -0.25) is 0 Å². The molecule has 0 bridgehead atoms. The van der Waals surface area contributed by atoms with Gasteiger partial charge >= 0.3 is 0 Å². The Morgan fingerprint density at radius 1 is 1.47 bits per heavy atom. The summed E-state index contributed by atoms with van der Waals surface area (Å²) in [6.45, 7) is 4.34. The predicted octanol–water partition coefficient (Wildman–Crippen LogP) is 4.51. The Balaban J connectivity index is 2.56. The highest BCUT2D eigenvalue weighted by atomic mass is 79.9. The van der Waals surface area contributed by atoms with Gasteiger partial charge in [0.25, 0.3) is 0 Å². The third-order valence-corrected chi connectivity index (χ3v) is 3.52. The van der Waals surface area contributed by atoms with E-state index in [1.165, 1.54) is 0 Å². The van der Waals surface area contributed by atoms with E-state index in [-0.39, 0.29) is 5.41 Å². The van der Waals surface area contributed by atoms with E-state index >= 15 is 0 Å². The first kappa shape index (κ1) is 14.3. The minimum atomic E-state index is -0.343. The number of ether oxygens (including phenoxy) is 1. The SMILES string of the molecule is CC(C)(C#N)CCOc1ccc(Br)c(CCl)c1. The van der Waals surface area contributed by atoms with E-state index in [2.05, 4.69) is 22.0 Å². The van der Waals surface area contributed by atoms with Crippen LogP contribution in [0.15, 0.2) is 22.7 Å². The van der Waals surface area contributed by atoms with E-state index in [0.717, 1.165) is 15.8 Å². The van der Waals surface area contributed by atoms with Crippen molar-refractivity contribution in [2.75, 3.05) is 6.61 Å². The van der Waals surface area contributed by atoms with Crippen molar-refractivity contribution in [1.82, 2.24) is 0 Å². The van der Waals surface area contributed by atoms with Crippen molar-refractivity contribution in [2.24, 2.45) is 5.41 Å². The molecule has 0 amide bonds. The summed E-state index contributed by atoms with van der Waals surface area (Å²) in [7, 11) is 0. The monoisotopic (exact) mass is 315 g/mol. The Kier molecular flexibility index (Phi) is 5.30. The molecule has 0 fully saturated rings. The molecular weight excluding hydrogens is 302 g/mol. The van der Waals surface area contributed by atoms with Gasteiger partial charge in [0.2, 0.25) is 0 Å². The second-order valence-corrected chi connectivity index (χ2v) is 5.60. The number of alkyl halides is 1. The molecule has 17 heavy (non-hydrogen) atoms. The van der Waals surface area contributed by atoms with Crippen LogP contribution in [0.2, 0.25) is 0 Å². The fraction of sp³-hybridized carbons (Fsp3) is 0.462. The Labute approximate surface area is 116 Å². The van der Waals surface area contributed by atoms with Gasteiger partial charge < -0.3 is 4.74 Å². The zero-order valence-corrected chi connectivity index (χ0v) is 12.3. The topological polar surface area (TPSA) is 33.0 Å². The summed E-state index contributed by atoms with van der Waals surface area (Å²) in [6.07, 6.45) is 0.704.